The fourth-order valence-electron chi connectivity index (χ4n) is 1.63. The lowest BCUT2D eigenvalue weighted by Crippen LogP contribution is -2.20. The Bertz CT molecular complexity index is 631. The molecule has 0 saturated heterocycles. The fraction of sp³-hybridized carbons (Fsp3) is 0.133. The van der Waals surface area contributed by atoms with E-state index in [0.29, 0.717) is 11.4 Å². The molecular weight excluding hydrogens is 325 g/mol. The van der Waals surface area contributed by atoms with E-state index in [9.17, 15) is 9.18 Å². The van der Waals surface area contributed by atoms with Gasteiger partial charge in [-0.25, -0.2) is 4.39 Å². The fourth-order valence-corrected chi connectivity index (χ4v) is 2.24. The van der Waals surface area contributed by atoms with E-state index in [-0.39, 0.29) is 12.5 Å². The molecule has 0 spiro atoms. The Labute approximate surface area is 124 Å². The molecular formula is C15H13BrFNO2. The minimum absolute atomic E-state index is 0.141. The molecule has 1 N–H and O–H groups in total. The van der Waals surface area contributed by atoms with Crippen LogP contribution in [0.25, 0.3) is 0 Å². The second kappa shape index (κ2) is 6.52. The zero-order valence-corrected chi connectivity index (χ0v) is 12.4. The van der Waals surface area contributed by atoms with Gasteiger partial charge in [0, 0.05) is 5.69 Å². The first-order valence-electron chi connectivity index (χ1n) is 5.99. The van der Waals surface area contributed by atoms with Gasteiger partial charge in [-0.15, -0.1) is 0 Å². The Hall–Kier alpha value is -1.88. The predicted molar refractivity (Wildman–Crippen MR) is 79.4 cm³/mol. The summed E-state index contributed by atoms with van der Waals surface area (Å²) in [7, 11) is 0. The molecule has 104 valence electrons. The van der Waals surface area contributed by atoms with Crippen LogP contribution in [0.3, 0.4) is 0 Å². The summed E-state index contributed by atoms with van der Waals surface area (Å²) in [6.07, 6.45) is 0. The lowest BCUT2D eigenvalue weighted by atomic mass is 10.2. The number of ether oxygens (including phenoxy) is 1. The van der Waals surface area contributed by atoms with Crippen LogP contribution in [0.2, 0.25) is 0 Å². The molecule has 0 heterocycles. The maximum atomic E-state index is 13.0. The third-order valence-corrected chi connectivity index (χ3v) is 3.17. The van der Waals surface area contributed by atoms with E-state index in [2.05, 4.69) is 21.2 Å². The van der Waals surface area contributed by atoms with Crippen LogP contribution < -0.4 is 10.1 Å². The van der Waals surface area contributed by atoms with Crippen molar-refractivity contribution < 1.29 is 13.9 Å². The van der Waals surface area contributed by atoms with Gasteiger partial charge in [-0.3, -0.25) is 4.79 Å². The van der Waals surface area contributed by atoms with Gasteiger partial charge in [0.1, 0.15) is 11.6 Å². The van der Waals surface area contributed by atoms with Gasteiger partial charge in [-0.2, -0.15) is 0 Å². The molecule has 0 aromatic heterocycles. The molecule has 0 bridgehead atoms. The van der Waals surface area contributed by atoms with E-state index < -0.39 is 5.82 Å². The van der Waals surface area contributed by atoms with E-state index in [4.69, 9.17) is 4.74 Å². The molecule has 2 rings (SSSR count). The van der Waals surface area contributed by atoms with Crippen molar-refractivity contribution in [3.8, 4) is 5.75 Å². The molecule has 0 atom stereocenters. The van der Waals surface area contributed by atoms with Crippen LogP contribution >= 0.6 is 15.9 Å². The summed E-state index contributed by atoms with van der Waals surface area (Å²) >= 11 is 3.37. The summed E-state index contributed by atoms with van der Waals surface area (Å²) in [5, 5.41) is 2.56. The van der Waals surface area contributed by atoms with Gasteiger partial charge in [-0.1, -0.05) is 12.1 Å². The van der Waals surface area contributed by atoms with Crippen molar-refractivity contribution in [1.29, 1.82) is 0 Å². The topological polar surface area (TPSA) is 38.3 Å². The van der Waals surface area contributed by atoms with E-state index in [1.807, 2.05) is 19.1 Å². The second-order valence-corrected chi connectivity index (χ2v) is 5.14. The molecule has 5 heteroatoms. The monoisotopic (exact) mass is 337 g/mol. The van der Waals surface area contributed by atoms with Crippen molar-refractivity contribution in [3.63, 3.8) is 0 Å². The van der Waals surface area contributed by atoms with Crippen molar-refractivity contribution in [2.75, 3.05) is 11.9 Å². The number of hydrogen-bond acceptors (Lipinski definition) is 2. The van der Waals surface area contributed by atoms with Crippen molar-refractivity contribution in [2.45, 2.75) is 6.92 Å². The number of hydrogen-bond donors (Lipinski definition) is 1. The van der Waals surface area contributed by atoms with Gasteiger partial charge in [-0.05, 0) is 58.7 Å². The molecule has 0 saturated carbocycles. The maximum Gasteiger partial charge on any atom is 0.262 e. The molecule has 0 aliphatic rings. The van der Waals surface area contributed by atoms with Crippen molar-refractivity contribution >= 4 is 27.5 Å². The molecule has 2 aromatic rings. The minimum Gasteiger partial charge on any atom is -0.483 e. The lowest BCUT2D eigenvalue weighted by molar-refractivity contribution is -0.118. The van der Waals surface area contributed by atoms with Gasteiger partial charge in [0.05, 0.1) is 4.47 Å². The highest BCUT2D eigenvalue weighted by atomic mass is 79.9. The molecule has 3 nitrogen and oxygen atoms in total. The summed E-state index contributed by atoms with van der Waals surface area (Å²) < 4.78 is 19.2. The maximum absolute atomic E-state index is 13.0. The van der Waals surface area contributed by atoms with Crippen LogP contribution in [0.1, 0.15) is 5.56 Å². The summed E-state index contributed by atoms with van der Waals surface area (Å²) in [5.74, 6) is -0.155. The predicted octanol–water partition coefficient (Wildman–Crippen LogP) is 3.91. The van der Waals surface area contributed by atoms with Crippen LogP contribution in [-0.2, 0) is 4.79 Å². The van der Waals surface area contributed by atoms with Crippen molar-refractivity contribution in [2.24, 2.45) is 0 Å². The van der Waals surface area contributed by atoms with Crippen LogP contribution in [0.4, 0.5) is 10.1 Å². The number of benzene rings is 2. The summed E-state index contributed by atoms with van der Waals surface area (Å²) in [6, 6.07) is 11.3. The molecule has 20 heavy (non-hydrogen) atoms. The summed E-state index contributed by atoms with van der Waals surface area (Å²) in [4.78, 5) is 11.7. The van der Waals surface area contributed by atoms with E-state index >= 15 is 0 Å². The van der Waals surface area contributed by atoms with Crippen LogP contribution in [0.5, 0.6) is 5.75 Å². The first kappa shape index (κ1) is 14.5. The quantitative estimate of drug-likeness (QED) is 0.918. The number of halogens is 2. The smallest absolute Gasteiger partial charge is 0.262 e. The second-order valence-electron chi connectivity index (χ2n) is 4.28. The van der Waals surface area contributed by atoms with Crippen molar-refractivity contribution in [1.82, 2.24) is 0 Å². The number of nitrogens with one attached hydrogen (secondary N) is 1. The number of aryl methyl sites for hydroxylation is 1. The van der Waals surface area contributed by atoms with Gasteiger partial charge in [0.15, 0.2) is 6.61 Å². The molecule has 0 unspecified atom stereocenters. The summed E-state index contributed by atoms with van der Waals surface area (Å²) in [5.41, 5.74) is 1.50. The Morgan fingerprint density at radius 1 is 1.30 bits per heavy atom. The first-order valence-corrected chi connectivity index (χ1v) is 6.78. The Morgan fingerprint density at radius 3 is 2.80 bits per heavy atom. The molecule has 0 fully saturated rings. The Kier molecular flexibility index (Phi) is 4.74. The third-order valence-electron chi connectivity index (χ3n) is 2.55. The van der Waals surface area contributed by atoms with E-state index in [1.165, 1.54) is 18.2 Å². The number of rotatable bonds is 4. The first-order chi connectivity index (χ1) is 9.54. The average Bonchev–Trinajstić information content (AvgIpc) is 2.37. The number of carbonyl (C=O) groups excluding carboxylic acids is 1. The van der Waals surface area contributed by atoms with Gasteiger partial charge in [0.25, 0.3) is 5.91 Å². The molecule has 0 aliphatic heterocycles. The molecule has 2 aromatic carbocycles. The van der Waals surface area contributed by atoms with Crippen molar-refractivity contribution in [3.05, 3.63) is 58.3 Å². The highest BCUT2D eigenvalue weighted by Crippen LogP contribution is 2.25. The molecule has 1 amide bonds. The lowest BCUT2D eigenvalue weighted by Gasteiger charge is -2.09. The summed E-state index contributed by atoms with van der Waals surface area (Å²) in [6.45, 7) is 1.82. The standard InChI is InChI=1S/C15H13BrFNO2/c1-10-5-6-14(13(16)7-10)20-9-15(19)18-12-4-2-3-11(17)8-12/h2-8H,9H2,1H3,(H,18,19). The number of anilines is 1. The molecule has 0 aliphatic carbocycles. The minimum atomic E-state index is -0.398. The number of carbonyl (C=O) groups is 1. The van der Waals surface area contributed by atoms with Gasteiger partial charge in [0.2, 0.25) is 0 Å². The average molecular weight is 338 g/mol. The van der Waals surface area contributed by atoms with Crippen LogP contribution in [0, 0.1) is 12.7 Å². The zero-order valence-electron chi connectivity index (χ0n) is 10.8. The highest BCUT2D eigenvalue weighted by molar-refractivity contribution is 9.10. The Morgan fingerprint density at radius 2 is 2.10 bits per heavy atom. The van der Waals surface area contributed by atoms with Crippen LogP contribution in [0.15, 0.2) is 46.9 Å². The normalized spacial score (nSPS) is 10.2. The molecule has 0 radical (unpaired) electrons. The Balaban J connectivity index is 1.92. The van der Waals surface area contributed by atoms with Gasteiger partial charge >= 0.3 is 0 Å². The largest absolute Gasteiger partial charge is 0.483 e. The van der Waals surface area contributed by atoms with Gasteiger partial charge < -0.3 is 10.1 Å². The zero-order chi connectivity index (χ0) is 14.5. The SMILES string of the molecule is Cc1ccc(OCC(=O)Nc2cccc(F)c2)c(Br)c1. The highest BCUT2D eigenvalue weighted by Gasteiger charge is 2.06. The third kappa shape index (κ3) is 4.06. The number of amides is 1. The van der Waals surface area contributed by atoms with Crippen LogP contribution in [-0.4, -0.2) is 12.5 Å². The van der Waals surface area contributed by atoms with E-state index in [0.717, 1.165) is 10.0 Å². The van der Waals surface area contributed by atoms with E-state index in [1.54, 1.807) is 12.1 Å².